The van der Waals surface area contributed by atoms with Gasteiger partial charge in [0.2, 0.25) is 11.8 Å². The summed E-state index contributed by atoms with van der Waals surface area (Å²) in [7, 11) is 0. The highest BCUT2D eigenvalue weighted by molar-refractivity contribution is 5.83. The predicted molar refractivity (Wildman–Crippen MR) is 89.7 cm³/mol. The maximum Gasteiger partial charge on any atom is 0.229 e. The normalized spacial score (nSPS) is 26.8. The number of piperazine rings is 1. The number of hydrogen-bond acceptors (Lipinski definition) is 4. The van der Waals surface area contributed by atoms with Crippen LogP contribution in [0.2, 0.25) is 0 Å². The highest BCUT2D eigenvalue weighted by atomic mass is 19.1. The van der Waals surface area contributed by atoms with E-state index in [2.05, 4.69) is 10.9 Å². The van der Waals surface area contributed by atoms with E-state index in [1.54, 1.807) is 12.1 Å². The first-order valence-electron chi connectivity index (χ1n) is 8.95. The zero-order valence-electron chi connectivity index (χ0n) is 14.1. The first-order valence-corrected chi connectivity index (χ1v) is 8.95. The molecule has 0 radical (unpaired) electrons. The summed E-state index contributed by atoms with van der Waals surface area (Å²) >= 11 is 0. The summed E-state index contributed by atoms with van der Waals surface area (Å²) < 4.78 is 13.1. The Labute approximate surface area is 146 Å². The van der Waals surface area contributed by atoms with Gasteiger partial charge in [0.25, 0.3) is 0 Å². The van der Waals surface area contributed by atoms with E-state index in [1.807, 2.05) is 9.80 Å². The van der Waals surface area contributed by atoms with Gasteiger partial charge in [-0.25, -0.2) is 9.82 Å². The fourth-order valence-corrected chi connectivity index (χ4v) is 3.68. The van der Waals surface area contributed by atoms with Crippen molar-refractivity contribution in [3.05, 3.63) is 35.6 Å². The Kier molecular flexibility index (Phi) is 4.43. The van der Waals surface area contributed by atoms with Crippen LogP contribution >= 0.6 is 0 Å². The van der Waals surface area contributed by atoms with Crippen LogP contribution in [0.4, 0.5) is 4.39 Å². The average molecular weight is 346 g/mol. The molecule has 3 fully saturated rings. The van der Waals surface area contributed by atoms with Gasteiger partial charge in [-0.05, 0) is 30.5 Å². The van der Waals surface area contributed by atoms with Crippen LogP contribution in [0, 0.1) is 17.7 Å². The molecule has 2 heterocycles. The molecule has 134 valence electrons. The lowest BCUT2D eigenvalue weighted by molar-refractivity contribution is -0.142. The van der Waals surface area contributed by atoms with E-state index in [4.69, 9.17) is 0 Å². The van der Waals surface area contributed by atoms with Gasteiger partial charge in [-0.3, -0.25) is 15.0 Å². The number of hydrazine groups is 1. The van der Waals surface area contributed by atoms with Crippen LogP contribution in [0.5, 0.6) is 0 Å². The van der Waals surface area contributed by atoms with Gasteiger partial charge in [-0.1, -0.05) is 12.1 Å². The third-order valence-corrected chi connectivity index (χ3v) is 5.36. The van der Waals surface area contributed by atoms with Gasteiger partial charge in [-0.15, -0.1) is 0 Å². The molecule has 3 aliphatic rings. The summed E-state index contributed by atoms with van der Waals surface area (Å²) in [6.45, 7) is 2.96. The molecule has 6 nitrogen and oxygen atoms in total. The molecule has 2 unspecified atom stereocenters. The minimum Gasteiger partial charge on any atom is -0.339 e. The Balaban J connectivity index is 1.38. The van der Waals surface area contributed by atoms with Gasteiger partial charge in [0.15, 0.2) is 0 Å². The van der Waals surface area contributed by atoms with Crippen molar-refractivity contribution in [1.29, 1.82) is 0 Å². The Morgan fingerprint density at radius 2 is 1.56 bits per heavy atom. The fourth-order valence-electron chi connectivity index (χ4n) is 3.68. The Morgan fingerprint density at radius 3 is 2.16 bits per heavy atom. The minimum atomic E-state index is -0.283. The lowest BCUT2D eigenvalue weighted by Crippen LogP contribution is -2.53. The zero-order chi connectivity index (χ0) is 17.4. The van der Waals surface area contributed by atoms with Gasteiger partial charge in [0, 0.05) is 38.6 Å². The van der Waals surface area contributed by atoms with Gasteiger partial charge in [0.1, 0.15) is 5.82 Å². The molecule has 2 aliphatic heterocycles. The maximum absolute atomic E-state index is 13.1. The van der Waals surface area contributed by atoms with E-state index in [0.717, 1.165) is 18.4 Å². The first kappa shape index (κ1) is 16.5. The molecule has 7 heteroatoms. The van der Waals surface area contributed by atoms with Crippen LogP contribution < -0.4 is 10.9 Å². The number of amides is 2. The number of nitrogens with zero attached hydrogens (tertiary/aromatic N) is 2. The van der Waals surface area contributed by atoms with Crippen molar-refractivity contribution < 1.29 is 14.0 Å². The summed E-state index contributed by atoms with van der Waals surface area (Å²) in [5.41, 5.74) is 7.07. The topological polar surface area (TPSA) is 64.7 Å². The predicted octanol–water partition coefficient (Wildman–Crippen LogP) is 0.672. The SMILES string of the molecule is O=C(C1CC1)N1CCN(C(=O)C2CNNC2c2ccc(F)cc2)CC1. The minimum absolute atomic E-state index is 0.0883. The second kappa shape index (κ2) is 6.72. The summed E-state index contributed by atoms with van der Waals surface area (Å²) in [5, 5.41) is 0. The van der Waals surface area contributed by atoms with Gasteiger partial charge in [-0.2, -0.15) is 0 Å². The van der Waals surface area contributed by atoms with E-state index < -0.39 is 0 Å². The summed E-state index contributed by atoms with van der Waals surface area (Å²) in [5.74, 6) is 0.0596. The quantitative estimate of drug-likeness (QED) is 0.845. The summed E-state index contributed by atoms with van der Waals surface area (Å²) in [6.07, 6.45) is 2.02. The Morgan fingerprint density at radius 1 is 0.960 bits per heavy atom. The van der Waals surface area contributed by atoms with Crippen molar-refractivity contribution >= 4 is 11.8 Å². The number of carbonyl (C=O) groups excluding carboxylic acids is 2. The molecule has 1 aromatic carbocycles. The number of halogens is 1. The molecule has 2 N–H and O–H groups in total. The number of hydrogen-bond donors (Lipinski definition) is 2. The Bertz CT molecular complexity index is 654. The van der Waals surface area contributed by atoms with Crippen molar-refractivity contribution in [2.45, 2.75) is 18.9 Å². The molecular weight excluding hydrogens is 323 g/mol. The van der Waals surface area contributed by atoms with Crippen molar-refractivity contribution in [3.8, 4) is 0 Å². The second-order valence-electron chi connectivity index (χ2n) is 7.09. The fraction of sp³-hybridized carbons (Fsp3) is 0.556. The van der Waals surface area contributed by atoms with Crippen LogP contribution in [0.1, 0.15) is 24.4 Å². The van der Waals surface area contributed by atoms with Crippen LogP contribution in [0.15, 0.2) is 24.3 Å². The number of carbonyl (C=O) groups is 2. The smallest absolute Gasteiger partial charge is 0.229 e. The van der Waals surface area contributed by atoms with Gasteiger partial charge in [0.05, 0.1) is 12.0 Å². The molecule has 2 atom stereocenters. The van der Waals surface area contributed by atoms with E-state index in [9.17, 15) is 14.0 Å². The second-order valence-corrected chi connectivity index (χ2v) is 7.09. The lowest BCUT2D eigenvalue weighted by atomic mass is 9.93. The molecule has 1 aliphatic carbocycles. The molecule has 0 aromatic heterocycles. The van der Waals surface area contributed by atoms with Gasteiger partial charge >= 0.3 is 0 Å². The largest absolute Gasteiger partial charge is 0.339 e. The molecule has 1 aromatic rings. The zero-order valence-corrected chi connectivity index (χ0v) is 14.1. The van der Waals surface area contributed by atoms with Crippen LogP contribution in [0.3, 0.4) is 0 Å². The lowest BCUT2D eigenvalue weighted by Gasteiger charge is -2.36. The van der Waals surface area contributed by atoms with E-state index in [-0.39, 0.29) is 35.5 Å². The molecule has 0 bridgehead atoms. The molecule has 1 saturated carbocycles. The highest BCUT2D eigenvalue weighted by Crippen LogP contribution is 2.32. The third kappa shape index (κ3) is 3.39. The number of rotatable bonds is 3. The van der Waals surface area contributed by atoms with Crippen molar-refractivity contribution in [1.82, 2.24) is 20.7 Å². The van der Waals surface area contributed by atoms with Crippen LogP contribution in [0.25, 0.3) is 0 Å². The molecule has 2 amide bonds. The number of nitrogens with one attached hydrogen (secondary N) is 2. The van der Waals surface area contributed by atoms with Crippen molar-refractivity contribution in [3.63, 3.8) is 0 Å². The molecule has 4 rings (SSSR count). The third-order valence-electron chi connectivity index (χ3n) is 5.36. The van der Waals surface area contributed by atoms with Crippen molar-refractivity contribution in [2.75, 3.05) is 32.7 Å². The van der Waals surface area contributed by atoms with E-state index in [1.165, 1.54) is 12.1 Å². The maximum atomic E-state index is 13.1. The van der Waals surface area contributed by atoms with Crippen LogP contribution in [-0.2, 0) is 9.59 Å². The van der Waals surface area contributed by atoms with E-state index in [0.29, 0.717) is 32.7 Å². The van der Waals surface area contributed by atoms with Gasteiger partial charge < -0.3 is 9.80 Å². The monoisotopic (exact) mass is 346 g/mol. The van der Waals surface area contributed by atoms with Crippen molar-refractivity contribution in [2.24, 2.45) is 11.8 Å². The highest BCUT2D eigenvalue weighted by Gasteiger charge is 2.39. The average Bonchev–Trinajstić information content (AvgIpc) is 3.38. The molecule has 0 spiro atoms. The molecular formula is C18H23FN4O2. The summed E-state index contributed by atoms with van der Waals surface area (Å²) in [4.78, 5) is 28.8. The molecule has 2 saturated heterocycles. The van der Waals surface area contributed by atoms with Crippen LogP contribution in [-0.4, -0.2) is 54.3 Å². The van der Waals surface area contributed by atoms with E-state index >= 15 is 0 Å². The first-order chi connectivity index (χ1) is 12.1. The number of benzene rings is 1. The standard InChI is InChI=1S/C18H23FN4O2/c19-14-5-3-12(4-6-14)16-15(11-20-21-16)18(25)23-9-7-22(8-10-23)17(24)13-1-2-13/h3-6,13,15-16,20-21H,1-2,7-11H2. The summed E-state index contributed by atoms with van der Waals surface area (Å²) in [6, 6.07) is 6.09. The Hall–Kier alpha value is -1.99. The molecule has 25 heavy (non-hydrogen) atoms.